The van der Waals surface area contributed by atoms with Crippen LogP contribution in [0.2, 0.25) is 32.7 Å². The third-order valence-electron chi connectivity index (χ3n) is 1.80. The Morgan fingerprint density at radius 1 is 1.00 bits per heavy atom. The fraction of sp³-hybridized carbons (Fsp3) is 1.00. The smallest absolute Gasteiger partial charge is 0.216 e. The highest BCUT2D eigenvalue weighted by Gasteiger charge is 2.33. The van der Waals surface area contributed by atoms with Gasteiger partial charge in [0.25, 0.3) is 0 Å². The molecule has 4 heteroatoms. The number of halogens is 1. The largest absolute Gasteiger partial charge is 0.337 e. The molecule has 0 heterocycles. The number of nitrogens with zero attached hydrogens (tertiary/aromatic N) is 1. The molecule has 10 heavy (non-hydrogen) atoms. The first-order valence-corrected chi connectivity index (χ1v) is 11.0. The SMILES string of the molecule is CN([Si](C)(C)C)[Si](C)(C)Cl. The molecule has 0 aliphatic heterocycles. The molecule has 1 nitrogen and oxygen atoms in total. The zero-order chi connectivity index (χ0) is 8.58. The average molecular weight is 196 g/mol. The van der Waals surface area contributed by atoms with E-state index < -0.39 is 15.8 Å². The van der Waals surface area contributed by atoms with Crippen LogP contribution < -0.4 is 0 Å². The molecule has 0 unspecified atom stereocenters. The summed E-state index contributed by atoms with van der Waals surface area (Å²) < 4.78 is 2.42. The minimum absolute atomic E-state index is 1.13. The van der Waals surface area contributed by atoms with Gasteiger partial charge in [0.05, 0.1) is 0 Å². The van der Waals surface area contributed by atoms with Crippen LogP contribution in [0.25, 0.3) is 0 Å². The summed E-state index contributed by atoms with van der Waals surface area (Å²) >= 11 is 6.27. The second kappa shape index (κ2) is 2.97. The second-order valence-corrected chi connectivity index (χ2v) is 15.9. The van der Waals surface area contributed by atoms with Gasteiger partial charge in [0, 0.05) is 0 Å². The summed E-state index contributed by atoms with van der Waals surface area (Å²) in [5.41, 5.74) is 0. The van der Waals surface area contributed by atoms with Crippen LogP contribution in [-0.2, 0) is 0 Å². The third kappa shape index (κ3) is 3.19. The lowest BCUT2D eigenvalue weighted by Gasteiger charge is -2.37. The van der Waals surface area contributed by atoms with Crippen molar-refractivity contribution in [2.45, 2.75) is 32.7 Å². The van der Waals surface area contributed by atoms with Crippen molar-refractivity contribution in [3.8, 4) is 0 Å². The summed E-state index contributed by atoms with van der Waals surface area (Å²) in [6.45, 7) is 11.3. The van der Waals surface area contributed by atoms with Crippen molar-refractivity contribution >= 4 is 26.9 Å². The average Bonchev–Trinajstić information content (AvgIpc) is 1.59. The van der Waals surface area contributed by atoms with Crippen molar-refractivity contribution in [2.75, 3.05) is 7.05 Å². The molecule has 0 N–H and O–H groups in total. The maximum atomic E-state index is 6.27. The molecule has 0 saturated heterocycles. The van der Waals surface area contributed by atoms with Gasteiger partial charge in [-0.1, -0.05) is 19.6 Å². The van der Waals surface area contributed by atoms with Crippen molar-refractivity contribution in [1.29, 1.82) is 0 Å². The first-order chi connectivity index (χ1) is 4.15. The van der Waals surface area contributed by atoms with E-state index in [0.717, 1.165) is 0 Å². The van der Waals surface area contributed by atoms with Gasteiger partial charge in [-0.2, -0.15) is 0 Å². The Morgan fingerprint density at radius 3 is 1.30 bits per heavy atom. The van der Waals surface area contributed by atoms with Crippen molar-refractivity contribution in [2.24, 2.45) is 0 Å². The van der Waals surface area contributed by atoms with E-state index in [-0.39, 0.29) is 0 Å². The Labute approximate surface area is 71.3 Å². The van der Waals surface area contributed by atoms with Crippen LogP contribution in [0.1, 0.15) is 0 Å². The van der Waals surface area contributed by atoms with Crippen molar-refractivity contribution < 1.29 is 0 Å². The molecule has 0 atom stereocenters. The van der Waals surface area contributed by atoms with E-state index in [0.29, 0.717) is 0 Å². The van der Waals surface area contributed by atoms with Crippen LogP contribution in [0, 0.1) is 0 Å². The van der Waals surface area contributed by atoms with Crippen LogP contribution in [0.15, 0.2) is 0 Å². The molecule has 0 aromatic carbocycles. The fourth-order valence-electron chi connectivity index (χ4n) is 0.798. The fourth-order valence-corrected chi connectivity index (χ4v) is 9.46. The van der Waals surface area contributed by atoms with E-state index in [4.69, 9.17) is 11.1 Å². The van der Waals surface area contributed by atoms with Crippen LogP contribution in [0.3, 0.4) is 0 Å². The maximum Gasteiger partial charge on any atom is 0.216 e. The summed E-state index contributed by atoms with van der Waals surface area (Å²) in [7, 11) is -0.503. The highest BCUT2D eigenvalue weighted by atomic mass is 35.6. The van der Waals surface area contributed by atoms with E-state index in [2.05, 4.69) is 44.0 Å². The monoisotopic (exact) mass is 195 g/mol. The van der Waals surface area contributed by atoms with Gasteiger partial charge in [-0.3, -0.25) is 0 Å². The molecule has 0 aliphatic carbocycles. The lowest BCUT2D eigenvalue weighted by Crippen LogP contribution is -2.55. The second-order valence-electron chi connectivity index (χ2n) is 4.14. The minimum Gasteiger partial charge on any atom is -0.337 e. The Kier molecular flexibility index (Phi) is 3.17. The minimum atomic E-state index is -1.53. The van der Waals surface area contributed by atoms with Crippen molar-refractivity contribution in [3.05, 3.63) is 0 Å². The molecule has 0 spiro atoms. The Bertz CT molecular complexity index is 99.9. The first-order valence-electron chi connectivity index (χ1n) is 3.58. The van der Waals surface area contributed by atoms with Gasteiger partial charge in [-0.05, 0) is 20.1 Å². The van der Waals surface area contributed by atoms with E-state index in [1.807, 2.05) is 0 Å². The predicted octanol–water partition coefficient (Wildman–Crippen LogP) is 2.69. The van der Waals surface area contributed by atoms with Gasteiger partial charge in [0.1, 0.15) is 8.24 Å². The topological polar surface area (TPSA) is 3.24 Å². The zero-order valence-electron chi connectivity index (χ0n) is 7.83. The highest BCUT2D eigenvalue weighted by molar-refractivity contribution is 7.20. The quantitative estimate of drug-likeness (QED) is 0.484. The molecule has 0 amide bonds. The molecular weight excluding hydrogens is 178 g/mol. The molecule has 0 aliphatic rings. The number of rotatable bonds is 2. The Morgan fingerprint density at radius 2 is 1.30 bits per heavy atom. The predicted molar refractivity (Wildman–Crippen MR) is 54.4 cm³/mol. The molecule has 0 saturated carbocycles. The van der Waals surface area contributed by atoms with Gasteiger partial charge in [-0.15, -0.1) is 11.1 Å². The summed E-state index contributed by atoms with van der Waals surface area (Å²) in [4.78, 5) is 0. The van der Waals surface area contributed by atoms with Crippen molar-refractivity contribution in [3.63, 3.8) is 0 Å². The van der Waals surface area contributed by atoms with E-state index in [1.165, 1.54) is 0 Å². The summed E-state index contributed by atoms with van der Waals surface area (Å²) in [6, 6.07) is 0. The summed E-state index contributed by atoms with van der Waals surface area (Å²) in [6.07, 6.45) is 0. The van der Waals surface area contributed by atoms with E-state index in [1.54, 1.807) is 0 Å². The van der Waals surface area contributed by atoms with Gasteiger partial charge < -0.3 is 4.23 Å². The van der Waals surface area contributed by atoms with Gasteiger partial charge in [0.2, 0.25) is 7.55 Å². The van der Waals surface area contributed by atoms with Crippen LogP contribution in [0.4, 0.5) is 0 Å². The van der Waals surface area contributed by atoms with Crippen LogP contribution in [0.5, 0.6) is 0 Å². The molecule has 0 bridgehead atoms. The lowest BCUT2D eigenvalue weighted by atomic mass is 11.6. The maximum absolute atomic E-state index is 6.27. The molecule has 0 rings (SSSR count). The van der Waals surface area contributed by atoms with Gasteiger partial charge in [-0.25, -0.2) is 0 Å². The zero-order valence-corrected chi connectivity index (χ0v) is 10.6. The molecule has 62 valence electrons. The molecule has 0 fully saturated rings. The van der Waals surface area contributed by atoms with Crippen LogP contribution >= 0.6 is 11.1 Å². The van der Waals surface area contributed by atoms with Gasteiger partial charge >= 0.3 is 0 Å². The normalized spacial score (nSPS) is 14.4. The number of hydrogen-bond donors (Lipinski definition) is 0. The lowest BCUT2D eigenvalue weighted by molar-refractivity contribution is 0.775. The molecular formula is C6H18ClNSi2. The molecule has 0 aromatic heterocycles. The van der Waals surface area contributed by atoms with Crippen LogP contribution in [-0.4, -0.2) is 27.1 Å². The summed E-state index contributed by atoms with van der Waals surface area (Å²) in [5, 5.41) is 0. The third-order valence-corrected chi connectivity index (χ3v) is 10.3. The van der Waals surface area contributed by atoms with Gasteiger partial charge in [0.15, 0.2) is 0 Å². The highest BCUT2D eigenvalue weighted by Crippen LogP contribution is 2.19. The Balaban J connectivity index is 4.23. The molecule has 0 radical (unpaired) electrons. The van der Waals surface area contributed by atoms with E-state index in [9.17, 15) is 0 Å². The Hall–Kier alpha value is 0.684. The molecule has 0 aromatic rings. The summed E-state index contributed by atoms with van der Waals surface area (Å²) in [5.74, 6) is 0. The van der Waals surface area contributed by atoms with Crippen molar-refractivity contribution in [1.82, 2.24) is 4.23 Å². The van der Waals surface area contributed by atoms with E-state index >= 15 is 0 Å². The standard InChI is InChI=1S/C6H18ClNSi2/c1-8(9(2,3)4)10(5,6)7/h1-6H3. The first kappa shape index (κ1) is 10.7. The number of hydrogen-bond acceptors (Lipinski definition) is 1.